The fourth-order valence-electron chi connectivity index (χ4n) is 1.83. The molecule has 0 unspecified atom stereocenters. The lowest BCUT2D eigenvalue weighted by Gasteiger charge is -2.17. The first-order chi connectivity index (χ1) is 7.40. The summed E-state index contributed by atoms with van der Waals surface area (Å²) in [4.78, 5) is 2.43. The highest BCUT2D eigenvalue weighted by molar-refractivity contribution is 14.2. The molecule has 78 valence electrons. The minimum absolute atomic E-state index is 1.11. The highest BCUT2D eigenvalue weighted by atomic mass is 127. The molecule has 0 spiro atoms. The summed E-state index contributed by atoms with van der Waals surface area (Å²) >= 11 is 2.19. The molecular weight excluding hydrogens is 317 g/mol. The second-order valence-electron chi connectivity index (χ2n) is 3.55. The maximum atomic E-state index is 3.14. The molecule has 2 rings (SSSR count). The number of halogens is 1. The molecule has 0 amide bonds. The van der Waals surface area contributed by atoms with Crippen molar-refractivity contribution in [1.82, 2.24) is 0 Å². The smallest absolute Gasteiger partial charge is 0.0378 e. The van der Waals surface area contributed by atoms with Crippen molar-refractivity contribution in [2.45, 2.75) is 12.8 Å². The first-order valence-electron chi connectivity index (χ1n) is 5.04. The third kappa shape index (κ3) is 3.05. The summed E-state index contributed by atoms with van der Waals surface area (Å²) in [5, 5.41) is 3.02. The van der Waals surface area contributed by atoms with Crippen LogP contribution in [0.4, 0.5) is 5.69 Å². The van der Waals surface area contributed by atoms with Gasteiger partial charge in [-0.05, 0) is 45.2 Å². The number of benzene rings is 1. The molecule has 1 aromatic rings. The Morgan fingerprint density at radius 1 is 1.27 bits per heavy atom. The van der Waals surface area contributed by atoms with Crippen molar-refractivity contribution in [3.8, 4) is 11.2 Å². The van der Waals surface area contributed by atoms with Crippen LogP contribution in [0.5, 0.6) is 0 Å². The standard InChI is InChI=1S/C12H12INS/c13-15-9-6-11-4-3-5-12(10-11)14-7-1-2-8-14/h3-5,10H,1-2,7-8H2. The minimum atomic E-state index is 1.11. The molecule has 0 aromatic heterocycles. The third-order valence-electron chi connectivity index (χ3n) is 2.55. The van der Waals surface area contributed by atoms with Gasteiger partial charge in [0.05, 0.1) is 0 Å². The molecule has 0 atom stereocenters. The van der Waals surface area contributed by atoms with Crippen LogP contribution in [0, 0.1) is 11.2 Å². The van der Waals surface area contributed by atoms with Crippen molar-refractivity contribution >= 4 is 35.8 Å². The number of hydrogen-bond donors (Lipinski definition) is 0. The molecule has 1 saturated heterocycles. The molecule has 15 heavy (non-hydrogen) atoms. The summed E-state index contributed by atoms with van der Waals surface area (Å²) in [5.41, 5.74) is 2.43. The Balaban J connectivity index is 2.18. The molecule has 1 aliphatic rings. The lowest BCUT2D eigenvalue weighted by molar-refractivity contribution is 0.949. The van der Waals surface area contributed by atoms with Gasteiger partial charge in [0.25, 0.3) is 0 Å². The van der Waals surface area contributed by atoms with Crippen molar-refractivity contribution < 1.29 is 0 Å². The molecule has 0 aliphatic carbocycles. The maximum Gasteiger partial charge on any atom is 0.0378 e. The number of hydrogen-bond acceptors (Lipinski definition) is 2. The summed E-state index contributed by atoms with van der Waals surface area (Å²) in [6.07, 6.45) is 2.64. The van der Waals surface area contributed by atoms with Crippen LogP contribution < -0.4 is 4.90 Å². The van der Waals surface area contributed by atoms with E-state index in [4.69, 9.17) is 0 Å². The average Bonchev–Trinajstić information content (AvgIpc) is 2.80. The first-order valence-corrected chi connectivity index (χ1v) is 8.40. The van der Waals surface area contributed by atoms with E-state index in [1.807, 2.05) is 0 Å². The molecule has 1 heterocycles. The summed E-state index contributed by atoms with van der Waals surface area (Å²) in [5.74, 6) is 3.14. The van der Waals surface area contributed by atoms with Gasteiger partial charge < -0.3 is 4.90 Å². The SMILES string of the molecule is ISC#Cc1cccc(N2CCCC2)c1. The molecule has 0 bridgehead atoms. The Morgan fingerprint density at radius 3 is 2.80 bits per heavy atom. The van der Waals surface area contributed by atoms with Gasteiger partial charge in [-0.25, -0.2) is 0 Å². The van der Waals surface area contributed by atoms with Crippen LogP contribution in [-0.4, -0.2) is 13.1 Å². The molecule has 1 aliphatic heterocycles. The van der Waals surface area contributed by atoms with Crippen LogP contribution >= 0.6 is 30.1 Å². The second kappa shape index (κ2) is 5.66. The Bertz CT molecular complexity index is 388. The van der Waals surface area contributed by atoms with E-state index < -0.39 is 0 Å². The molecule has 1 nitrogen and oxygen atoms in total. The van der Waals surface area contributed by atoms with Gasteiger partial charge >= 0.3 is 0 Å². The Kier molecular flexibility index (Phi) is 4.21. The van der Waals surface area contributed by atoms with Crippen LogP contribution in [0.15, 0.2) is 24.3 Å². The van der Waals surface area contributed by atoms with Crippen LogP contribution in [0.25, 0.3) is 0 Å². The zero-order valence-corrected chi connectivity index (χ0v) is 11.3. The Morgan fingerprint density at radius 2 is 2.07 bits per heavy atom. The highest BCUT2D eigenvalue weighted by Crippen LogP contribution is 2.21. The van der Waals surface area contributed by atoms with Crippen LogP contribution in [0.1, 0.15) is 18.4 Å². The van der Waals surface area contributed by atoms with E-state index in [-0.39, 0.29) is 0 Å². The fraction of sp³-hybridized carbons (Fsp3) is 0.333. The summed E-state index contributed by atoms with van der Waals surface area (Å²) < 4.78 is 0. The number of rotatable bonds is 1. The van der Waals surface area contributed by atoms with E-state index in [0.29, 0.717) is 0 Å². The van der Waals surface area contributed by atoms with Gasteiger partial charge in [-0.3, -0.25) is 0 Å². The van der Waals surface area contributed by atoms with Gasteiger partial charge in [-0.2, -0.15) is 0 Å². The van der Waals surface area contributed by atoms with Gasteiger partial charge in [0, 0.05) is 45.5 Å². The van der Waals surface area contributed by atoms with Gasteiger partial charge in [0.1, 0.15) is 0 Å². The van der Waals surface area contributed by atoms with Crippen LogP contribution in [-0.2, 0) is 0 Å². The van der Waals surface area contributed by atoms with E-state index in [1.54, 1.807) is 0 Å². The van der Waals surface area contributed by atoms with Gasteiger partial charge in [0.2, 0.25) is 0 Å². The average molecular weight is 329 g/mol. The quantitative estimate of drug-likeness (QED) is 0.571. The summed E-state index contributed by atoms with van der Waals surface area (Å²) in [6, 6.07) is 8.52. The summed E-state index contributed by atoms with van der Waals surface area (Å²) in [6.45, 7) is 2.38. The van der Waals surface area contributed by atoms with E-state index in [0.717, 1.165) is 5.56 Å². The summed E-state index contributed by atoms with van der Waals surface area (Å²) in [7, 11) is 1.53. The van der Waals surface area contributed by atoms with Crippen molar-refractivity contribution in [3.63, 3.8) is 0 Å². The van der Waals surface area contributed by atoms with Crippen molar-refractivity contribution in [3.05, 3.63) is 29.8 Å². The molecule has 1 aromatic carbocycles. The van der Waals surface area contributed by atoms with Crippen LogP contribution in [0.2, 0.25) is 0 Å². The second-order valence-corrected chi connectivity index (χ2v) is 5.23. The first kappa shape index (κ1) is 11.2. The fourth-order valence-corrected chi connectivity index (χ4v) is 2.32. The topological polar surface area (TPSA) is 3.24 Å². The van der Waals surface area contributed by atoms with Gasteiger partial charge in [-0.1, -0.05) is 12.0 Å². The largest absolute Gasteiger partial charge is 0.371 e. The highest BCUT2D eigenvalue weighted by Gasteiger charge is 2.11. The third-order valence-corrected chi connectivity index (χ3v) is 3.39. The lowest BCUT2D eigenvalue weighted by Crippen LogP contribution is -2.17. The normalized spacial score (nSPS) is 14.9. The van der Waals surface area contributed by atoms with E-state index >= 15 is 0 Å². The van der Waals surface area contributed by atoms with E-state index in [9.17, 15) is 0 Å². The molecule has 1 fully saturated rings. The number of nitrogens with zero attached hydrogens (tertiary/aromatic N) is 1. The van der Waals surface area contributed by atoms with Gasteiger partial charge in [0.15, 0.2) is 0 Å². The minimum Gasteiger partial charge on any atom is -0.371 e. The molecule has 0 N–H and O–H groups in total. The molecule has 3 heteroatoms. The van der Waals surface area contributed by atoms with Gasteiger partial charge in [-0.15, -0.1) is 0 Å². The predicted molar refractivity (Wildman–Crippen MR) is 76.4 cm³/mol. The Hall–Kier alpha value is -0.340. The molecule has 0 saturated carbocycles. The van der Waals surface area contributed by atoms with Crippen molar-refractivity contribution in [2.75, 3.05) is 18.0 Å². The van der Waals surface area contributed by atoms with E-state index in [2.05, 4.69) is 61.5 Å². The zero-order chi connectivity index (χ0) is 10.5. The van der Waals surface area contributed by atoms with E-state index in [1.165, 1.54) is 40.6 Å². The number of anilines is 1. The molecular formula is C12H12INS. The zero-order valence-electron chi connectivity index (χ0n) is 8.37. The van der Waals surface area contributed by atoms with Crippen LogP contribution in [0.3, 0.4) is 0 Å². The van der Waals surface area contributed by atoms with Crippen molar-refractivity contribution in [2.24, 2.45) is 0 Å². The lowest BCUT2D eigenvalue weighted by atomic mass is 10.2. The Labute approximate surface area is 107 Å². The predicted octanol–water partition coefficient (Wildman–Crippen LogP) is 3.68. The molecule has 0 radical (unpaired) electrons. The van der Waals surface area contributed by atoms with Crippen molar-refractivity contribution in [1.29, 1.82) is 0 Å². The maximum absolute atomic E-state index is 3.14. The monoisotopic (exact) mass is 329 g/mol.